The number of amidine groups is 2. The van der Waals surface area contributed by atoms with E-state index in [0.29, 0.717) is 11.0 Å². The van der Waals surface area contributed by atoms with Crippen molar-refractivity contribution >= 4 is 34.7 Å². The minimum Gasteiger partial charge on any atom is -0.293 e. The highest BCUT2D eigenvalue weighted by Gasteiger charge is 2.35. The maximum atomic E-state index is 11.5. The van der Waals surface area contributed by atoms with Gasteiger partial charge in [-0.05, 0) is 6.42 Å². The van der Waals surface area contributed by atoms with Crippen LogP contribution in [0.4, 0.5) is 4.79 Å². The number of fused-ring (bicyclic) bond motifs is 1. The number of urea groups is 1. The smallest absolute Gasteiger partial charge is 0.293 e. The van der Waals surface area contributed by atoms with E-state index in [9.17, 15) is 9.59 Å². The van der Waals surface area contributed by atoms with E-state index in [1.807, 2.05) is 0 Å². The number of aliphatic imine (C=N–C) groups is 2. The average Bonchev–Trinajstić information content (AvgIpc) is 2.76. The van der Waals surface area contributed by atoms with Crippen molar-refractivity contribution in [2.45, 2.75) is 45.1 Å². The highest BCUT2D eigenvalue weighted by Crippen LogP contribution is 2.18. The monoisotopic (exact) mass is 282 g/mol. The number of hydrogen-bond donors (Lipinski definition) is 2. The molecular weight excluding hydrogens is 264 g/mol. The SMILES string of the molecule is CCCCCCCSC1=NC2C(=O)NC(=O)NC2=N1. The maximum absolute atomic E-state index is 11.5. The van der Waals surface area contributed by atoms with Gasteiger partial charge in [-0.3, -0.25) is 15.4 Å². The van der Waals surface area contributed by atoms with E-state index in [4.69, 9.17) is 0 Å². The van der Waals surface area contributed by atoms with Gasteiger partial charge in [0.2, 0.25) is 0 Å². The highest BCUT2D eigenvalue weighted by molar-refractivity contribution is 8.13. The minimum absolute atomic E-state index is 0.349. The van der Waals surface area contributed by atoms with Crippen LogP contribution < -0.4 is 10.6 Å². The molecule has 104 valence electrons. The van der Waals surface area contributed by atoms with Crippen molar-refractivity contribution in [3.05, 3.63) is 0 Å². The Hall–Kier alpha value is -1.37. The normalized spacial score (nSPS) is 21.4. The molecule has 3 amide bonds. The number of hydrogen-bond acceptors (Lipinski definition) is 5. The molecule has 0 aromatic carbocycles. The molecule has 2 aliphatic heterocycles. The van der Waals surface area contributed by atoms with Crippen LogP contribution in [-0.4, -0.2) is 34.7 Å². The Kier molecular flexibility index (Phi) is 4.95. The fourth-order valence-corrected chi connectivity index (χ4v) is 2.78. The summed E-state index contributed by atoms with van der Waals surface area (Å²) in [6.07, 6.45) is 6.12. The standard InChI is InChI=1S/C12H18N4O2S/c1-2-3-4-5-6-7-19-12-13-8-9(15-12)14-11(18)16-10(8)17/h8H,2-7H2,1H3,(H2,13,14,15,16,17,18). The maximum Gasteiger partial charge on any atom is 0.326 e. The topological polar surface area (TPSA) is 82.9 Å². The van der Waals surface area contributed by atoms with Gasteiger partial charge in [-0.25, -0.2) is 14.8 Å². The van der Waals surface area contributed by atoms with Gasteiger partial charge in [-0.15, -0.1) is 0 Å². The van der Waals surface area contributed by atoms with Crippen molar-refractivity contribution in [3.63, 3.8) is 0 Å². The summed E-state index contributed by atoms with van der Waals surface area (Å²) in [7, 11) is 0. The molecule has 19 heavy (non-hydrogen) atoms. The van der Waals surface area contributed by atoms with Crippen molar-refractivity contribution < 1.29 is 9.59 Å². The van der Waals surface area contributed by atoms with E-state index in [2.05, 4.69) is 27.5 Å². The molecule has 6 nitrogen and oxygen atoms in total. The molecule has 2 N–H and O–H groups in total. The molecule has 0 saturated carbocycles. The predicted octanol–water partition coefficient (Wildman–Crippen LogP) is 1.67. The quantitative estimate of drug-likeness (QED) is 0.727. The molecule has 7 heteroatoms. The van der Waals surface area contributed by atoms with Crippen LogP contribution in [0.5, 0.6) is 0 Å². The van der Waals surface area contributed by atoms with E-state index in [0.717, 1.165) is 12.2 Å². The number of amides is 3. The lowest BCUT2D eigenvalue weighted by atomic mass is 10.2. The third-order valence-electron chi connectivity index (χ3n) is 2.92. The number of thioether (sulfide) groups is 1. The first kappa shape index (κ1) is 14.0. The minimum atomic E-state index is -0.666. The van der Waals surface area contributed by atoms with E-state index >= 15 is 0 Å². The van der Waals surface area contributed by atoms with Crippen LogP contribution in [0.15, 0.2) is 9.98 Å². The Morgan fingerprint density at radius 2 is 1.95 bits per heavy atom. The van der Waals surface area contributed by atoms with Crippen molar-refractivity contribution in [1.82, 2.24) is 10.6 Å². The summed E-state index contributed by atoms with van der Waals surface area (Å²) in [4.78, 5) is 31.0. The molecule has 2 aliphatic rings. The van der Waals surface area contributed by atoms with Gasteiger partial charge in [-0.1, -0.05) is 44.4 Å². The summed E-state index contributed by atoms with van der Waals surface area (Å²) >= 11 is 1.54. The molecule has 1 fully saturated rings. The fraction of sp³-hybridized carbons (Fsp3) is 0.667. The lowest BCUT2D eigenvalue weighted by Gasteiger charge is -2.16. The number of nitrogens with one attached hydrogen (secondary N) is 2. The first-order valence-electron chi connectivity index (χ1n) is 6.61. The van der Waals surface area contributed by atoms with Crippen LogP contribution in [-0.2, 0) is 4.79 Å². The van der Waals surface area contributed by atoms with E-state index in [-0.39, 0.29) is 0 Å². The Bertz CT molecular complexity index is 433. The van der Waals surface area contributed by atoms with Crippen LogP contribution in [0.1, 0.15) is 39.0 Å². The zero-order valence-electron chi connectivity index (χ0n) is 10.9. The van der Waals surface area contributed by atoms with Crippen molar-refractivity contribution in [2.75, 3.05) is 5.75 Å². The second-order valence-corrected chi connectivity index (χ2v) is 5.58. The Morgan fingerprint density at radius 3 is 2.74 bits per heavy atom. The summed E-state index contributed by atoms with van der Waals surface area (Å²) in [5, 5.41) is 5.27. The molecule has 0 spiro atoms. The second-order valence-electron chi connectivity index (χ2n) is 4.52. The van der Waals surface area contributed by atoms with Gasteiger partial charge >= 0.3 is 6.03 Å². The van der Waals surface area contributed by atoms with Gasteiger partial charge in [0.15, 0.2) is 11.2 Å². The summed E-state index contributed by atoms with van der Waals surface area (Å²) in [6, 6.07) is -1.19. The fourth-order valence-electron chi connectivity index (χ4n) is 1.91. The molecule has 0 aliphatic carbocycles. The van der Waals surface area contributed by atoms with Gasteiger partial charge < -0.3 is 0 Å². The first-order chi connectivity index (χ1) is 9.20. The third-order valence-corrected chi connectivity index (χ3v) is 3.87. The molecule has 0 aromatic heterocycles. The van der Waals surface area contributed by atoms with Crippen molar-refractivity contribution in [1.29, 1.82) is 0 Å². The van der Waals surface area contributed by atoms with Gasteiger partial charge in [0, 0.05) is 5.75 Å². The average molecular weight is 282 g/mol. The van der Waals surface area contributed by atoms with Gasteiger partial charge in [0.05, 0.1) is 0 Å². The second kappa shape index (κ2) is 6.70. The molecule has 2 heterocycles. The highest BCUT2D eigenvalue weighted by atomic mass is 32.2. The molecule has 0 aromatic rings. The summed E-state index contributed by atoms with van der Waals surface area (Å²) in [5.41, 5.74) is 0. The van der Waals surface area contributed by atoms with Gasteiger partial charge in [-0.2, -0.15) is 0 Å². The molecule has 0 radical (unpaired) electrons. The predicted molar refractivity (Wildman–Crippen MR) is 76.5 cm³/mol. The lowest BCUT2D eigenvalue weighted by Crippen LogP contribution is -2.57. The van der Waals surface area contributed by atoms with Crippen LogP contribution in [0.25, 0.3) is 0 Å². The zero-order chi connectivity index (χ0) is 13.7. The number of rotatable bonds is 6. The van der Waals surface area contributed by atoms with Crippen molar-refractivity contribution in [2.24, 2.45) is 9.98 Å². The Balaban J connectivity index is 1.75. The molecule has 1 saturated heterocycles. The van der Waals surface area contributed by atoms with Gasteiger partial charge in [0.25, 0.3) is 5.91 Å². The Morgan fingerprint density at radius 1 is 1.16 bits per heavy atom. The van der Waals surface area contributed by atoms with Crippen molar-refractivity contribution in [3.8, 4) is 0 Å². The van der Waals surface area contributed by atoms with Crippen LogP contribution in [0.3, 0.4) is 0 Å². The van der Waals surface area contributed by atoms with Crippen LogP contribution >= 0.6 is 11.8 Å². The number of nitrogens with zero attached hydrogens (tertiary/aromatic N) is 2. The van der Waals surface area contributed by atoms with Crippen LogP contribution in [0.2, 0.25) is 0 Å². The van der Waals surface area contributed by atoms with Gasteiger partial charge in [0.1, 0.15) is 5.84 Å². The summed E-state index contributed by atoms with van der Waals surface area (Å²) in [6.45, 7) is 2.19. The molecule has 1 atom stereocenters. The van der Waals surface area contributed by atoms with E-state index < -0.39 is 18.0 Å². The largest absolute Gasteiger partial charge is 0.326 e. The van der Waals surface area contributed by atoms with Crippen LogP contribution in [0, 0.1) is 0 Å². The number of carbonyl (C=O) groups excluding carboxylic acids is 2. The molecular formula is C12H18N4O2S. The zero-order valence-corrected chi connectivity index (χ0v) is 11.8. The Labute approximate surface area is 116 Å². The van der Waals surface area contributed by atoms with E-state index in [1.54, 1.807) is 11.8 Å². The van der Waals surface area contributed by atoms with E-state index in [1.165, 1.54) is 25.7 Å². The summed E-state index contributed by atoms with van der Waals surface area (Å²) in [5.74, 6) is 0.894. The number of imide groups is 1. The molecule has 0 bridgehead atoms. The molecule has 1 unspecified atom stereocenters. The first-order valence-corrected chi connectivity index (χ1v) is 7.60. The summed E-state index contributed by atoms with van der Waals surface area (Å²) < 4.78 is 0. The molecule has 2 rings (SSSR count). The number of unbranched alkanes of at least 4 members (excludes halogenated alkanes) is 4. The lowest BCUT2D eigenvalue weighted by molar-refractivity contribution is -0.120. The number of carbonyl (C=O) groups is 2. The third kappa shape index (κ3) is 3.79.